The smallest absolute Gasteiger partial charge is 0.488 e. The van der Waals surface area contributed by atoms with E-state index in [1.165, 1.54) is 25.7 Å². The Bertz CT molecular complexity index is 467. The molecule has 1 fully saturated rings. The molecule has 21 heavy (non-hydrogen) atoms. The summed E-state index contributed by atoms with van der Waals surface area (Å²) in [6.45, 7) is 3.09. The van der Waals surface area contributed by atoms with Gasteiger partial charge in [-0.2, -0.15) is 0 Å². The van der Waals surface area contributed by atoms with Gasteiger partial charge in [0.2, 0.25) is 0 Å². The maximum atomic E-state index is 9.33. The molecule has 116 valence electrons. The van der Waals surface area contributed by atoms with Crippen LogP contribution in [0.5, 0.6) is 5.75 Å². The third-order valence-electron chi connectivity index (χ3n) is 4.55. The van der Waals surface area contributed by atoms with Crippen molar-refractivity contribution in [2.75, 3.05) is 14.2 Å². The zero-order valence-corrected chi connectivity index (χ0v) is 13.2. The first-order valence-electron chi connectivity index (χ1n) is 7.74. The molecule has 2 atom stereocenters. The zero-order chi connectivity index (χ0) is 15.4. The fourth-order valence-corrected chi connectivity index (χ4v) is 3.28. The SMILES string of the molecule is COc1ccc(B(O)O)cc1CN(C)C1CCCC(C)C1. The van der Waals surface area contributed by atoms with Gasteiger partial charge in [0, 0.05) is 18.2 Å². The quantitative estimate of drug-likeness (QED) is 0.805. The maximum absolute atomic E-state index is 9.33. The first-order chi connectivity index (χ1) is 10.0. The van der Waals surface area contributed by atoms with Gasteiger partial charge in [-0.05, 0) is 37.3 Å². The maximum Gasteiger partial charge on any atom is 0.488 e. The summed E-state index contributed by atoms with van der Waals surface area (Å²) in [5.74, 6) is 1.59. The number of methoxy groups -OCH3 is 1. The van der Waals surface area contributed by atoms with Crippen molar-refractivity contribution < 1.29 is 14.8 Å². The Morgan fingerprint density at radius 1 is 1.33 bits per heavy atom. The first kappa shape index (κ1) is 16.3. The summed E-state index contributed by atoms with van der Waals surface area (Å²) >= 11 is 0. The van der Waals surface area contributed by atoms with Crippen LogP contribution in [0.2, 0.25) is 0 Å². The van der Waals surface area contributed by atoms with E-state index in [2.05, 4.69) is 18.9 Å². The van der Waals surface area contributed by atoms with E-state index < -0.39 is 7.12 Å². The second kappa shape index (κ2) is 7.30. The van der Waals surface area contributed by atoms with E-state index >= 15 is 0 Å². The predicted octanol–water partition coefficient (Wildman–Crippen LogP) is 1.39. The molecule has 0 spiro atoms. The van der Waals surface area contributed by atoms with Crippen LogP contribution < -0.4 is 10.2 Å². The summed E-state index contributed by atoms with van der Waals surface area (Å²) in [5, 5.41) is 18.7. The number of hydrogen-bond acceptors (Lipinski definition) is 4. The Balaban J connectivity index is 2.11. The molecule has 0 aliphatic heterocycles. The fraction of sp³-hybridized carbons (Fsp3) is 0.625. The summed E-state index contributed by atoms with van der Waals surface area (Å²) in [4.78, 5) is 2.36. The average molecular weight is 291 g/mol. The minimum atomic E-state index is -1.44. The molecule has 2 N–H and O–H groups in total. The van der Waals surface area contributed by atoms with Gasteiger partial charge in [-0.15, -0.1) is 0 Å². The van der Waals surface area contributed by atoms with Crippen molar-refractivity contribution in [3.05, 3.63) is 23.8 Å². The average Bonchev–Trinajstić information content (AvgIpc) is 2.47. The third kappa shape index (κ3) is 4.22. The Kier molecular flexibility index (Phi) is 5.68. The molecule has 1 saturated carbocycles. The standard InChI is InChI=1S/C16H26BNO3/c1-12-5-4-6-15(9-12)18(2)11-13-10-14(17(19)20)7-8-16(13)21-3/h7-8,10,12,15,19-20H,4-6,9,11H2,1-3H3. The number of rotatable bonds is 5. The molecule has 2 unspecified atom stereocenters. The van der Waals surface area contributed by atoms with Gasteiger partial charge in [0.05, 0.1) is 7.11 Å². The number of hydrogen-bond donors (Lipinski definition) is 2. The highest BCUT2D eigenvalue weighted by molar-refractivity contribution is 6.58. The normalized spacial score (nSPS) is 22.4. The lowest BCUT2D eigenvalue weighted by Gasteiger charge is -2.34. The van der Waals surface area contributed by atoms with Crippen molar-refractivity contribution in [1.82, 2.24) is 4.90 Å². The van der Waals surface area contributed by atoms with Gasteiger partial charge in [0.1, 0.15) is 5.75 Å². The van der Waals surface area contributed by atoms with Crippen molar-refractivity contribution in [1.29, 1.82) is 0 Å². The summed E-state index contributed by atoms with van der Waals surface area (Å²) in [5.41, 5.74) is 1.51. The minimum absolute atomic E-state index is 0.510. The van der Waals surface area contributed by atoms with Crippen molar-refractivity contribution >= 4 is 12.6 Å². The summed E-state index contributed by atoms with van der Waals surface area (Å²) in [6, 6.07) is 5.92. The highest BCUT2D eigenvalue weighted by Gasteiger charge is 2.23. The molecule has 1 aromatic carbocycles. The second-order valence-corrected chi connectivity index (χ2v) is 6.29. The molecular formula is C16H26BNO3. The lowest BCUT2D eigenvalue weighted by Crippen LogP contribution is -2.36. The van der Waals surface area contributed by atoms with Gasteiger partial charge in [0.15, 0.2) is 0 Å². The first-order valence-corrected chi connectivity index (χ1v) is 7.74. The van der Waals surface area contributed by atoms with Crippen LogP contribution in [-0.2, 0) is 6.54 Å². The van der Waals surface area contributed by atoms with Crippen LogP contribution in [0.4, 0.5) is 0 Å². The number of benzene rings is 1. The lowest BCUT2D eigenvalue weighted by atomic mass is 9.79. The van der Waals surface area contributed by atoms with Crippen molar-refractivity contribution in [2.45, 2.75) is 45.2 Å². The molecule has 0 amide bonds. The van der Waals surface area contributed by atoms with E-state index in [1.807, 2.05) is 6.07 Å². The highest BCUT2D eigenvalue weighted by atomic mass is 16.5. The summed E-state index contributed by atoms with van der Waals surface area (Å²) in [6.07, 6.45) is 5.11. The van der Waals surface area contributed by atoms with E-state index in [1.54, 1.807) is 19.2 Å². The van der Waals surface area contributed by atoms with E-state index in [0.717, 1.165) is 23.8 Å². The molecular weight excluding hydrogens is 265 g/mol. The number of ether oxygens (including phenoxy) is 1. The molecule has 1 aliphatic carbocycles. The highest BCUT2D eigenvalue weighted by Crippen LogP contribution is 2.28. The van der Waals surface area contributed by atoms with Crippen LogP contribution >= 0.6 is 0 Å². The summed E-state index contributed by atoms with van der Waals surface area (Å²) < 4.78 is 5.40. The van der Waals surface area contributed by atoms with Crippen molar-refractivity contribution in [3.8, 4) is 5.75 Å². The predicted molar refractivity (Wildman–Crippen MR) is 85.7 cm³/mol. The van der Waals surface area contributed by atoms with Gasteiger partial charge in [0.25, 0.3) is 0 Å². The molecule has 0 radical (unpaired) electrons. The van der Waals surface area contributed by atoms with E-state index in [9.17, 15) is 10.0 Å². The van der Waals surface area contributed by atoms with Gasteiger partial charge in [-0.3, -0.25) is 4.90 Å². The van der Waals surface area contributed by atoms with Gasteiger partial charge in [-0.1, -0.05) is 31.9 Å². The van der Waals surface area contributed by atoms with Gasteiger partial charge in [-0.25, -0.2) is 0 Å². The molecule has 4 nitrogen and oxygen atoms in total. The molecule has 1 aliphatic rings. The van der Waals surface area contributed by atoms with E-state index in [4.69, 9.17) is 4.74 Å². The van der Waals surface area contributed by atoms with Gasteiger partial charge < -0.3 is 14.8 Å². The van der Waals surface area contributed by atoms with Crippen LogP contribution in [-0.4, -0.2) is 42.3 Å². The van der Waals surface area contributed by atoms with Crippen molar-refractivity contribution in [3.63, 3.8) is 0 Å². The largest absolute Gasteiger partial charge is 0.496 e. The Labute approximate surface area is 127 Å². The fourth-order valence-electron chi connectivity index (χ4n) is 3.28. The zero-order valence-electron chi connectivity index (χ0n) is 13.2. The molecule has 5 heteroatoms. The molecule has 0 saturated heterocycles. The van der Waals surface area contributed by atoms with Crippen LogP contribution in [0.1, 0.15) is 38.2 Å². The second-order valence-electron chi connectivity index (χ2n) is 6.29. The Hall–Kier alpha value is -1.04. The van der Waals surface area contributed by atoms with Crippen molar-refractivity contribution in [2.24, 2.45) is 5.92 Å². The molecule has 0 aromatic heterocycles. The molecule has 0 bridgehead atoms. The van der Waals surface area contributed by atoms with Crippen LogP contribution in [0.15, 0.2) is 18.2 Å². The monoisotopic (exact) mass is 291 g/mol. The summed E-state index contributed by atoms with van der Waals surface area (Å²) in [7, 11) is 2.36. The molecule has 1 aromatic rings. The van der Waals surface area contributed by atoms with Crippen LogP contribution in [0.3, 0.4) is 0 Å². The number of nitrogens with zero attached hydrogens (tertiary/aromatic N) is 1. The van der Waals surface area contributed by atoms with Gasteiger partial charge >= 0.3 is 7.12 Å². The Morgan fingerprint density at radius 3 is 2.71 bits per heavy atom. The van der Waals surface area contributed by atoms with E-state index in [-0.39, 0.29) is 0 Å². The minimum Gasteiger partial charge on any atom is -0.496 e. The van der Waals surface area contributed by atoms with Crippen LogP contribution in [0, 0.1) is 5.92 Å². The van der Waals surface area contributed by atoms with Crippen LogP contribution in [0.25, 0.3) is 0 Å². The third-order valence-corrected chi connectivity index (χ3v) is 4.55. The lowest BCUT2D eigenvalue weighted by molar-refractivity contribution is 0.156. The molecule has 2 rings (SSSR count). The Morgan fingerprint density at radius 2 is 2.10 bits per heavy atom. The molecule has 0 heterocycles. The van der Waals surface area contributed by atoms with E-state index in [0.29, 0.717) is 11.5 Å². The topological polar surface area (TPSA) is 52.9 Å².